The van der Waals surface area contributed by atoms with Crippen LogP contribution in [0.3, 0.4) is 0 Å². The van der Waals surface area contributed by atoms with Gasteiger partial charge in [-0.15, -0.1) is 0 Å². The van der Waals surface area contributed by atoms with Gasteiger partial charge in [0.15, 0.2) is 17.5 Å². The molecule has 1 aliphatic rings. The highest BCUT2D eigenvalue weighted by Crippen LogP contribution is 2.19. The number of carbonyl (C=O) groups is 1. The van der Waals surface area contributed by atoms with Crippen molar-refractivity contribution in [2.24, 2.45) is 5.73 Å². The van der Waals surface area contributed by atoms with Crippen LogP contribution in [0, 0.1) is 17.5 Å². The Bertz CT molecular complexity index is 502. The summed E-state index contributed by atoms with van der Waals surface area (Å²) in [5, 5.41) is 2.24. The number of hydrogen-bond donors (Lipinski definition) is 2. The van der Waals surface area contributed by atoms with Crippen LogP contribution in [0.1, 0.15) is 12.8 Å². The molecule has 1 saturated heterocycles. The van der Waals surface area contributed by atoms with E-state index < -0.39 is 23.4 Å². The summed E-state index contributed by atoms with van der Waals surface area (Å²) in [5.41, 5.74) is 5.39. The van der Waals surface area contributed by atoms with Gasteiger partial charge in [0.1, 0.15) is 0 Å². The predicted molar refractivity (Wildman–Crippen MR) is 68.6 cm³/mol. The van der Waals surface area contributed by atoms with E-state index in [1.54, 1.807) is 0 Å². The van der Waals surface area contributed by atoms with Crippen molar-refractivity contribution < 1.29 is 18.0 Å². The maximum Gasteiger partial charge on any atom is 0.238 e. The third-order valence-corrected chi connectivity index (χ3v) is 3.31. The number of benzene rings is 1. The molecule has 3 N–H and O–H groups in total. The van der Waals surface area contributed by atoms with Crippen molar-refractivity contribution in [1.82, 2.24) is 4.90 Å². The fraction of sp³-hybridized carbons (Fsp3) is 0.462. The van der Waals surface area contributed by atoms with Crippen molar-refractivity contribution in [3.8, 4) is 0 Å². The Balaban J connectivity index is 1.93. The third kappa shape index (κ3) is 3.49. The van der Waals surface area contributed by atoms with Gasteiger partial charge in [-0.25, -0.2) is 13.2 Å². The number of amides is 1. The first-order chi connectivity index (χ1) is 9.47. The minimum Gasteiger partial charge on any atom is -0.328 e. The molecule has 1 amide bonds. The molecule has 0 spiro atoms. The normalized spacial score (nSPS) is 17.2. The number of nitrogens with two attached hydrogens (primary N) is 1. The molecule has 0 atom stereocenters. The summed E-state index contributed by atoms with van der Waals surface area (Å²) in [7, 11) is 0. The first-order valence-corrected chi connectivity index (χ1v) is 6.38. The van der Waals surface area contributed by atoms with Crippen LogP contribution in [-0.4, -0.2) is 36.5 Å². The summed E-state index contributed by atoms with van der Waals surface area (Å²) in [4.78, 5) is 13.6. The number of carbonyl (C=O) groups excluding carboxylic acids is 1. The van der Waals surface area contributed by atoms with Gasteiger partial charge in [0.2, 0.25) is 5.91 Å². The van der Waals surface area contributed by atoms with Gasteiger partial charge >= 0.3 is 0 Å². The van der Waals surface area contributed by atoms with Crippen LogP contribution in [0.25, 0.3) is 0 Å². The van der Waals surface area contributed by atoms with Crippen molar-refractivity contribution in [3.05, 3.63) is 29.6 Å². The van der Waals surface area contributed by atoms with E-state index in [1.807, 2.05) is 4.90 Å². The number of nitrogens with one attached hydrogen (secondary N) is 1. The molecule has 20 heavy (non-hydrogen) atoms. The molecule has 1 fully saturated rings. The summed E-state index contributed by atoms with van der Waals surface area (Å²) in [6.07, 6.45) is 1.60. The Morgan fingerprint density at radius 1 is 1.25 bits per heavy atom. The van der Waals surface area contributed by atoms with Crippen LogP contribution in [-0.2, 0) is 4.79 Å². The topological polar surface area (TPSA) is 58.4 Å². The van der Waals surface area contributed by atoms with Crippen LogP contribution in [0.4, 0.5) is 18.9 Å². The van der Waals surface area contributed by atoms with Crippen LogP contribution < -0.4 is 11.1 Å². The van der Waals surface area contributed by atoms with E-state index in [0.717, 1.165) is 25.0 Å². The van der Waals surface area contributed by atoms with Crippen molar-refractivity contribution in [3.63, 3.8) is 0 Å². The molecule has 1 heterocycles. The van der Waals surface area contributed by atoms with Gasteiger partial charge in [0, 0.05) is 19.1 Å². The Hall–Kier alpha value is -1.60. The predicted octanol–water partition coefficient (Wildman–Crippen LogP) is 1.47. The zero-order valence-electron chi connectivity index (χ0n) is 10.8. The maximum atomic E-state index is 13.4. The second-order valence-corrected chi connectivity index (χ2v) is 4.88. The standard InChI is InChI=1S/C13H16F3N3O/c14-9-1-2-10(13(16)12(9)15)18-11(20)7-19-5-3-8(17)4-6-19/h1-2,8H,3-7,17H2,(H,18,20). The Morgan fingerprint density at radius 3 is 2.55 bits per heavy atom. The van der Waals surface area contributed by atoms with Crippen molar-refractivity contribution in [2.75, 3.05) is 25.0 Å². The molecule has 0 aliphatic carbocycles. The number of piperidine rings is 1. The smallest absolute Gasteiger partial charge is 0.238 e. The average molecular weight is 287 g/mol. The second kappa shape index (κ2) is 6.23. The van der Waals surface area contributed by atoms with E-state index in [9.17, 15) is 18.0 Å². The molecule has 110 valence electrons. The van der Waals surface area contributed by atoms with E-state index in [4.69, 9.17) is 5.73 Å². The molecule has 4 nitrogen and oxygen atoms in total. The molecule has 0 unspecified atom stereocenters. The number of rotatable bonds is 3. The minimum absolute atomic E-state index is 0.0746. The number of nitrogens with zero attached hydrogens (tertiary/aromatic N) is 1. The average Bonchev–Trinajstić information content (AvgIpc) is 2.42. The molecule has 1 aromatic carbocycles. The summed E-state index contributed by atoms with van der Waals surface area (Å²) in [6.45, 7) is 1.45. The van der Waals surface area contributed by atoms with Gasteiger partial charge in [-0.3, -0.25) is 9.69 Å². The lowest BCUT2D eigenvalue weighted by molar-refractivity contribution is -0.117. The fourth-order valence-corrected chi connectivity index (χ4v) is 2.13. The van der Waals surface area contributed by atoms with E-state index in [1.165, 1.54) is 0 Å². The zero-order chi connectivity index (χ0) is 14.7. The lowest BCUT2D eigenvalue weighted by Gasteiger charge is -2.29. The molecule has 7 heteroatoms. The minimum atomic E-state index is -1.59. The van der Waals surface area contributed by atoms with Crippen LogP contribution in [0.5, 0.6) is 0 Å². The van der Waals surface area contributed by atoms with E-state index in [0.29, 0.717) is 13.1 Å². The second-order valence-electron chi connectivity index (χ2n) is 4.88. The number of halogens is 3. The molecule has 0 saturated carbocycles. The largest absolute Gasteiger partial charge is 0.328 e. The van der Waals surface area contributed by atoms with Crippen LogP contribution >= 0.6 is 0 Å². The van der Waals surface area contributed by atoms with Crippen LogP contribution in [0.15, 0.2) is 12.1 Å². The fourth-order valence-electron chi connectivity index (χ4n) is 2.13. The maximum absolute atomic E-state index is 13.4. The van der Waals surface area contributed by atoms with Crippen LogP contribution in [0.2, 0.25) is 0 Å². The van der Waals surface area contributed by atoms with E-state index in [-0.39, 0.29) is 18.3 Å². The molecule has 0 radical (unpaired) electrons. The molecule has 1 aromatic rings. The Labute approximate surface area is 114 Å². The SMILES string of the molecule is NC1CCN(CC(=O)Nc2ccc(F)c(F)c2F)CC1. The monoisotopic (exact) mass is 287 g/mol. The van der Waals surface area contributed by atoms with Gasteiger partial charge in [-0.05, 0) is 25.0 Å². The van der Waals surface area contributed by atoms with Gasteiger partial charge in [0.05, 0.1) is 12.2 Å². The zero-order valence-corrected chi connectivity index (χ0v) is 10.8. The molecular weight excluding hydrogens is 271 g/mol. The third-order valence-electron chi connectivity index (χ3n) is 3.31. The quantitative estimate of drug-likeness (QED) is 0.828. The van der Waals surface area contributed by atoms with Gasteiger partial charge in [-0.2, -0.15) is 0 Å². The Kier molecular flexibility index (Phi) is 4.61. The first kappa shape index (κ1) is 14.8. The number of anilines is 1. The Morgan fingerprint density at radius 2 is 1.90 bits per heavy atom. The lowest BCUT2D eigenvalue weighted by Crippen LogP contribution is -2.43. The van der Waals surface area contributed by atoms with Gasteiger partial charge in [0.25, 0.3) is 0 Å². The highest BCUT2D eigenvalue weighted by Gasteiger charge is 2.20. The molecule has 2 rings (SSSR count). The first-order valence-electron chi connectivity index (χ1n) is 6.38. The number of hydrogen-bond acceptors (Lipinski definition) is 3. The molecule has 0 aromatic heterocycles. The van der Waals surface area contributed by atoms with Crippen molar-refractivity contribution in [1.29, 1.82) is 0 Å². The summed E-state index contributed by atoms with van der Waals surface area (Å²) in [5.74, 6) is -4.73. The lowest BCUT2D eigenvalue weighted by atomic mass is 10.1. The summed E-state index contributed by atoms with van der Waals surface area (Å²) >= 11 is 0. The highest BCUT2D eigenvalue weighted by molar-refractivity contribution is 5.92. The van der Waals surface area contributed by atoms with Gasteiger partial charge in [-0.1, -0.05) is 0 Å². The van der Waals surface area contributed by atoms with Gasteiger partial charge < -0.3 is 11.1 Å². The molecule has 1 aliphatic heterocycles. The molecule has 0 bridgehead atoms. The van der Waals surface area contributed by atoms with Crippen molar-refractivity contribution in [2.45, 2.75) is 18.9 Å². The highest BCUT2D eigenvalue weighted by atomic mass is 19.2. The van der Waals surface area contributed by atoms with Crippen molar-refractivity contribution >= 4 is 11.6 Å². The summed E-state index contributed by atoms with van der Waals surface area (Å²) < 4.78 is 39.2. The number of likely N-dealkylation sites (tertiary alicyclic amines) is 1. The van der Waals surface area contributed by atoms with E-state index in [2.05, 4.69) is 5.32 Å². The van der Waals surface area contributed by atoms with E-state index >= 15 is 0 Å². The molecular formula is C13H16F3N3O. The summed E-state index contributed by atoms with van der Waals surface area (Å²) in [6, 6.07) is 1.92.